The van der Waals surface area contributed by atoms with Gasteiger partial charge in [-0.1, -0.05) is 12.1 Å². The van der Waals surface area contributed by atoms with E-state index < -0.39 is 12.0 Å². The second kappa shape index (κ2) is 4.69. The van der Waals surface area contributed by atoms with Crippen LogP contribution >= 0.6 is 0 Å². The zero-order valence-electron chi connectivity index (χ0n) is 9.01. The number of aromatic nitrogens is 1. The maximum Gasteiger partial charge on any atom is 0.326 e. The maximum atomic E-state index is 10.9. The van der Waals surface area contributed by atoms with Crippen LogP contribution in [0, 0.1) is 0 Å². The number of fused-ring (bicyclic) bond motifs is 1. The number of benzene rings is 1. The van der Waals surface area contributed by atoms with Crippen molar-refractivity contribution in [2.45, 2.75) is 12.5 Å². The molecule has 0 aliphatic rings. The molecule has 5 heteroatoms. The molecule has 0 aliphatic heterocycles. The first-order valence-electron chi connectivity index (χ1n) is 5.19. The van der Waals surface area contributed by atoms with E-state index in [1.54, 1.807) is 0 Å². The van der Waals surface area contributed by atoms with Gasteiger partial charge in [0.25, 0.3) is 0 Å². The van der Waals surface area contributed by atoms with Crippen molar-refractivity contribution in [3.8, 4) is 0 Å². The minimum atomic E-state index is -1.04. The molecular formula is C12H12N2O3. The van der Waals surface area contributed by atoms with Crippen molar-refractivity contribution < 1.29 is 14.7 Å². The van der Waals surface area contributed by atoms with Crippen LogP contribution in [0.25, 0.3) is 10.9 Å². The molecule has 2 aromatic rings. The predicted octanol–water partition coefficient (Wildman–Crippen LogP) is 0.910. The topological polar surface area (TPSA) is 82.2 Å². The smallest absolute Gasteiger partial charge is 0.326 e. The number of nitrogens with one attached hydrogen (secondary N) is 2. The van der Waals surface area contributed by atoms with Crippen molar-refractivity contribution in [3.05, 3.63) is 36.0 Å². The van der Waals surface area contributed by atoms with Gasteiger partial charge in [0.15, 0.2) is 0 Å². The molecule has 1 aromatic heterocycles. The van der Waals surface area contributed by atoms with Crippen LogP contribution in [0.4, 0.5) is 0 Å². The summed E-state index contributed by atoms with van der Waals surface area (Å²) in [6.45, 7) is 0. The first-order chi connectivity index (χ1) is 8.20. The molecule has 1 amide bonds. The fourth-order valence-electron chi connectivity index (χ4n) is 1.76. The van der Waals surface area contributed by atoms with Crippen molar-refractivity contribution in [3.63, 3.8) is 0 Å². The van der Waals surface area contributed by atoms with Crippen LogP contribution in [0.1, 0.15) is 5.56 Å². The number of carbonyl (C=O) groups excluding carboxylic acids is 1. The van der Waals surface area contributed by atoms with Crippen molar-refractivity contribution in [1.29, 1.82) is 0 Å². The second-order valence-corrected chi connectivity index (χ2v) is 3.78. The van der Waals surface area contributed by atoms with Crippen molar-refractivity contribution >= 4 is 23.3 Å². The van der Waals surface area contributed by atoms with Gasteiger partial charge in [0, 0.05) is 18.1 Å². The molecule has 0 fully saturated rings. The third kappa shape index (κ3) is 2.44. The number of aliphatic carboxylic acids is 1. The number of hydrogen-bond acceptors (Lipinski definition) is 2. The van der Waals surface area contributed by atoms with E-state index in [-0.39, 0.29) is 6.42 Å². The minimum absolute atomic E-state index is 0.267. The molecule has 1 heterocycles. The summed E-state index contributed by atoms with van der Waals surface area (Å²) < 4.78 is 0. The molecule has 2 rings (SSSR count). The molecule has 0 spiro atoms. The monoisotopic (exact) mass is 232 g/mol. The average molecular weight is 232 g/mol. The Morgan fingerprint density at radius 2 is 2.29 bits per heavy atom. The Bertz CT molecular complexity index is 547. The molecule has 88 valence electrons. The van der Waals surface area contributed by atoms with Crippen molar-refractivity contribution in [1.82, 2.24) is 10.3 Å². The molecule has 0 saturated heterocycles. The summed E-state index contributed by atoms with van der Waals surface area (Å²) in [5.41, 5.74) is 1.82. The van der Waals surface area contributed by atoms with Gasteiger partial charge in [-0.15, -0.1) is 0 Å². The van der Waals surface area contributed by atoms with Gasteiger partial charge in [-0.3, -0.25) is 4.79 Å². The minimum Gasteiger partial charge on any atom is -0.480 e. The summed E-state index contributed by atoms with van der Waals surface area (Å²) in [5.74, 6) is -1.04. The van der Waals surface area contributed by atoms with Gasteiger partial charge in [0.2, 0.25) is 6.41 Å². The van der Waals surface area contributed by atoms with Gasteiger partial charge in [0.1, 0.15) is 6.04 Å². The molecule has 17 heavy (non-hydrogen) atoms. The summed E-state index contributed by atoms with van der Waals surface area (Å²) in [4.78, 5) is 24.2. The van der Waals surface area contributed by atoms with Gasteiger partial charge < -0.3 is 15.4 Å². The molecule has 1 aromatic carbocycles. The van der Waals surface area contributed by atoms with Gasteiger partial charge in [-0.2, -0.15) is 0 Å². The number of amides is 1. The van der Waals surface area contributed by atoms with Crippen LogP contribution in [0.15, 0.2) is 30.5 Å². The van der Waals surface area contributed by atoms with E-state index in [9.17, 15) is 9.59 Å². The zero-order valence-corrected chi connectivity index (χ0v) is 9.01. The number of hydrogen-bond donors (Lipinski definition) is 3. The third-order valence-electron chi connectivity index (χ3n) is 2.63. The largest absolute Gasteiger partial charge is 0.480 e. The summed E-state index contributed by atoms with van der Waals surface area (Å²) >= 11 is 0. The predicted molar refractivity (Wildman–Crippen MR) is 62.6 cm³/mol. The Kier molecular flexibility index (Phi) is 3.09. The normalized spacial score (nSPS) is 12.2. The fraction of sp³-hybridized carbons (Fsp3) is 0.167. The van der Waals surface area contributed by atoms with Crippen LogP contribution in [-0.4, -0.2) is 28.5 Å². The molecule has 1 unspecified atom stereocenters. The molecular weight excluding hydrogens is 220 g/mol. The number of aromatic amines is 1. The fourth-order valence-corrected chi connectivity index (χ4v) is 1.76. The number of carboxylic acids is 1. The van der Waals surface area contributed by atoms with Crippen molar-refractivity contribution in [2.24, 2.45) is 0 Å². The number of carboxylic acid groups (broad SMARTS) is 1. The third-order valence-corrected chi connectivity index (χ3v) is 2.63. The Labute approximate surface area is 97.4 Å². The Hall–Kier alpha value is -2.30. The highest BCUT2D eigenvalue weighted by molar-refractivity contribution is 5.80. The van der Waals surface area contributed by atoms with Gasteiger partial charge >= 0.3 is 5.97 Å². The first kappa shape index (κ1) is 11.2. The highest BCUT2D eigenvalue weighted by atomic mass is 16.4. The SMILES string of the molecule is O=CNC(Cc1ccc2cc[nH]c2c1)C(=O)O. The lowest BCUT2D eigenvalue weighted by Gasteiger charge is -2.10. The summed E-state index contributed by atoms with van der Waals surface area (Å²) in [6, 6.07) is 6.72. The van der Waals surface area contributed by atoms with Crippen LogP contribution in [-0.2, 0) is 16.0 Å². The number of rotatable bonds is 5. The summed E-state index contributed by atoms with van der Waals surface area (Å²) in [7, 11) is 0. The lowest BCUT2D eigenvalue weighted by Crippen LogP contribution is -2.37. The molecule has 0 saturated carbocycles. The Morgan fingerprint density at radius 3 is 3.00 bits per heavy atom. The lowest BCUT2D eigenvalue weighted by molar-refractivity contribution is -0.140. The molecule has 1 atom stereocenters. The van der Waals surface area contributed by atoms with E-state index in [0.717, 1.165) is 16.5 Å². The maximum absolute atomic E-state index is 10.9. The van der Waals surface area contributed by atoms with Crippen LogP contribution in [0.3, 0.4) is 0 Å². The lowest BCUT2D eigenvalue weighted by atomic mass is 10.0. The van der Waals surface area contributed by atoms with Crippen LogP contribution < -0.4 is 5.32 Å². The molecule has 0 radical (unpaired) electrons. The Morgan fingerprint density at radius 1 is 1.47 bits per heavy atom. The average Bonchev–Trinajstić information content (AvgIpc) is 2.75. The second-order valence-electron chi connectivity index (χ2n) is 3.78. The van der Waals surface area contributed by atoms with E-state index in [1.807, 2.05) is 30.5 Å². The zero-order chi connectivity index (χ0) is 12.3. The summed E-state index contributed by atoms with van der Waals surface area (Å²) in [5, 5.41) is 12.3. The van der Waals surface area contributed by atoms with Crippen LogP contribution in [0.5, 0.6) is 0 Å². The van der Waals surface area contributed by atoms with Gasteiger partial charge in [0.05, 0.1) is 0 Å². The van der Waals surface area contributed by atoms with Crippen LogP contribution in [0.2, 0.25) is 0 Å². The quantitative estimate of drug-likeness (QED) is 0.670. The molecule has 0 aliphatic carbocycles. The molecule has 0 bridgehead atoms. The first-order valence-corrected chi connectivity index (χ1v) is 5.19. The van der Waals surface area contributed by atoms with E-state index in [4.69, 9.17) is 5.11 Å². The molecule has 3 N–H and O–H groups in total. The number of carbonyl (C=O) groups is 2. The summed E-state index contributed by atoms with van der Waals surface area (Å²) in [6.07, 6.45) is 2.50. The number of H-pyrrole nitrogens is 1. The standard InChI is InChI=1S/C12H12N2O3/c15-7-14-11(12(16)17)6-8-1-2-9-3-4-13-10(9)5-8/h1-5,7,11,13H,6H2,(H,14,15)(H,16,17). The Balaban J connectivity index is 2.20. The van der Waals surface area contributed by atoms with E-state index >= 15 is 0 Å². The van der Waals surface area contributed by atoms with E-state index in [0.29, 0.717) is 6.41 Å². The van der Waals surface area contributed by atoms with E-state index in [1.165, 1.54) is 0 Å². The molecule has 5 nitrogen and oxygen atoms in total. The highest BCUT2D eigenvalue weighted by Gasteiger charge is 2.16. The highest BCUT2D eigenvalue weighted by Crippen LogP contribution is 2.15. The van der Waals surface area contributed by atoms with Crippen molar-refractivity contribution in [2.75, 3.05) is 0 Å². The van der Waals surface area contributed by atoms with Gasteiger partial charge in [-0.05, 0) is 23.1 Å². The van der Waals surface area contributed by atoms with E-state index in [2.05, 4.69) is 10.3 Å². The van der Waals surface area contributed by atoms with Gasteiger partial charge in [-0.25, -0.2) is 4.79 Å².